The van der Waals surface area contributed by atoms with Crippen LogP contribution in [-0.4, -0.2) is 43.9 Å². The third-order valence-electron chi connectivity index (χ3n) is 2.42. The molecular weight excluding hydrogens is 220 g/mol. The molecule has 0 rings (SSSR count). The van der Waals surface area contributed by atoms with Gasteiger partial charge in [-0.3, -0.25) is 4.79 Å². The second-order valence-electron chi connectivity index (χ2n) is 4.62. The monoisotopic (exact) mass is 246 g/mol. The molecule has 5 heteroatoms. The maximum absolute atomic E-state index is 11.6. The highest BCUT2D eigenvalue weighted by molar-refractivity contribution is 5.76. The van der Waals surface area contributed by atoms with Crippen molar-refractivity contribution in [1.82, 2.24) is 5.32 Å². The molecule has 0 aromatic carbocycles. The summed E-state index contributed by atoms with van der Waals surface area (Å²) < 4.78 is 5.04. The van der Waals surface area contributed by atoms with Crippen molar-refractivity contribution in [3.05, 3.63) is 0 Å². The van der Waals surface area contributed by atoms with Gasteiger partial charge >= 0.3 is 0 Å². The molecule has 0 aromatic rings. The Balaban J connectivity index is 3.61. The van der Waals surface area contributed by atoms with E-state index in [2.05, 4.69) is 19.2 Å². The zero-order chi connectivity index (χ0) is 13.1. The lowest BCUT2D eigenvalue weighted by atomic mass is 9.94. The van der Waals surface area contributed by atoms with Crippen molar-refractivity contribution in [3.8, 4) is 0 Å². The molecule has 102 valence electrons. The number of carbonyl (C=O) groups excluding carboxylic acids is 1. The molecule has 0 fully saturated rings. The van der Waals surface area contributed by atoms with Crippen LogP contribution in [0.5, 0.6) is 0 Å². The Bertz CT molecular complexity index is 198. The third-order valence-corrected chi connectivity index (χ3v) is 2.42. The summed E-state index contributed by atoms with van der Waals surface area (Å²) >= 11 is 0. The molecule has 0 aliphatic carbocycles. The van der Waals surface area contributed by atoms with Gasteiger partial charge in [0.2, 0.25) is 5.91 Å². The Hall–Kier alpha value is -0.650. The van der Waals surface area contributed by atoms with Gasteiger partial charge in [0, 0.05) is 13.0 Å². The molecule has 17 heavy (non-hydrogen) atoms. The van der Waals surface area contributed by atoms with Crippen molar-refractivity contribution < 1.29 is 14.6 Å². The Labute approximate surface area is 104 Å². The lowest BCUT2D eigenvalue weighted by molar-refractivity contribution is -0.122. The van der Waals surface area contributed by atoms with Gasteiger partial charge in [-0.1, -0.05) is 13.8 Å². The van der Waals surface area contributed by atoms with E-state index in [1.807, 2.05) is 0 Å². The lowest BCUT2D eigenvalue weighted by Gasteiger charge is -2.16. The highest BCUT2D eigenvalue weighted by Crippen LogP contribution is 2.13. The van der Waals surface area contributed by atoms with Gasteiger partial charge in [0.15, 0.2) is 0 Å². The van der Waals surface area contributed by atoms with E-state index in [1.54, 1.807) is 0 Å². The number of hydrogen-bond donors (Lipinski definition) is 3. The van der Waals surface area contributed by atoms with Gasteiger partial charge in [-0.2, -0.15) is 0 Å². The fourth-order valence-electron chi connectivity index (χ4n) is 1.69. The van der Waals surface area contributed by atoms with Gasteiger partial charge in [0.1, 0.15) is 0 Å². The molecule has 4 N–H and O–H groups in total. The first-order chi connectivity index (χ1) is 8.10. The van der Waals surface area contributed by atoms with Crippen molar-refractivity contribution in [2.24, 2.45) is 17.6 Å². The van der Waals surface area contributed by atoms with Crippen LogP contribution in [0.4, 0.5) is 0 Å². The van der Waals surface area contributed by atoms with E-state index in [4.69, 9.17) is 15.6 Å². The summed E-state index contributed by atoms with van der Waals surface area (Å²) in [6.45, 7) is 6.05. The number of carbonyl (C=O) groups is 1. The van der Waals surface area contributed by atoms with Crippen LogP contribution in [0, 0.1) is 11.8 Å². The molecule has 0 spiro atoms. The number of aliphatic hydroxyl groups excluding tert-OH is 1. The van der Waals surface area contributed by atoms with Crippen molar-refractivity contribution in [3.63, 3.8) is 0 Å². The highest BCUT2D eigenvalue weighted by Gasteiger charge is 2.13. The number of ether oxygens (including phenoxy) is 1. The van der Waals surface area contributed by atoms with E-state index in [1.165, 1.54) is 0 Å². The fourth-order valence-corrected chi connectivity index (χ4v) is 1.69. The second kappa shape index (κ2) is 10.5. The topological polar surface area (TPSA) is 84.6 Å². The number of nitrogens with two attached hydrogens (primary N) is 1. The molecule has 0 aromatic heterocycles. The van der Waals surface area contributed by atoms with Crippen molar-refractivity contribution in [2.45, 2.75) is 26.7 Å². The average molecular weight is 246 g/mol. The first kappa shape index (κ1) is 16.4. The molecule has 1 amide bonds. The lowest BCUT2D eigenvalue weighted by Crippen LogP contribution is -2.31. The van der Waals surface area contributed by atoms with E-state index in [0.29, 0.717) is 38.6 Å². The normalized spacial score (nSPS) is 12.8. The molecular formula is C12H26N2O3. The van der Waals surface area contributed by atoms with Crippen molar-refractivity contribution in [2.75, 3.05) is 32.9 Å². The number of amides is 1. The maximum Gasteiger partial charge on any atom is 0.220 e. The van der Waals surface area contributed by atoms with Crippen molar-refractivity contribution in [1.29, 1.82) is 0 Å². The summed E-state index contributed by atoms with van der Waals surface area (Å²) in [6, 6.07) is 0. The summed E-state index contributed by atoms with van der Waals surface area (Å²) in [5.41, 5.74) is 5.63. The molecule has 1 unspecified atom stereocenters. The summed E-state index contributed by atoms with van der Waals surface area (Å²) in [4.78, 5) is 11.6. The first-order valence-corrected chi connectivity index (χ1v) is 6.25. The number of nitrogens with one attached hydrogen (secondary N) is 1. The quantitative estimate of drug-likeness (QED) is 0.478. The zero-order valence-corrected chi connectivity index (χ0v) is 10.9. The standard InChI is InChI=1S/C12H26N2O3/c1-10(2)7-11(9-13)8-12(16)14-3-5-17-6-4-15/h10-11,15H,3-9,13H2,1-2H3,(H,14,16). The molecule has 0 aliphatic heterocycles. The number of aliphatic hydroxyl groups is 1. The van der Waals surface area contributed by atoms with E-state index < -0.39 is 0 Å². The minimum atomic E-state index is 0.0115. The van der Waals surface area contributed by atoms with Gasteiger partial charge in [0.05, 0.1) is 19.8 Å². The molecule has 1 atom stereocenters. The van der Waals surface area contributed by atoms with Crippen LogP contribution >= 0.6 is 0 Å². The van der Waals surface area contributed by atoms with Gasteiger partial charge in [-0.05, 0) is 24.8 Å². The van der Waals surface area contributed by atoms with Gasteiger partial charge in [-0.25, -0.2) is 0 Å². The fraction of sp³-hybridized carbons (Fsp3) is 0.917. The van der Waals surface area contributed by atoms with E-state index >= 15 is 0 Å². The zero-order valence-electron chi connectivity index (χ0n) is 10.9. The third kappa shape index (κ3) is 10.2. The number of rotatable bonds is 10. The predicted octanol–water partition coefficient (Wildman–Crippen LogP) is 0.123. The van der Waals surface area contributed by atoms with Crippen LogP contribution in [-0.2, 0) is 9.53 Å². The highest BCUT2D eigenvalue weighted by atomic mass is 16.5. The van der Waals surface area contributed by atoms with Crippen molar-refractivity contribution >= 4 is 5.91 Å². The molecule has 0 saturated carbocycles. The molecule has 0 bridgehead atoms. The van der Waals surface area contributed by atoms with E-state index in [-0.39, 0.29) is 18.4 Å². The number of hydrogen-bond acceptors (Lipinski definition) is 4. The minimum Gasteiger partial charge on any atom is -0.394 e. The summed E-state index contributed by atoms with van der Waals surface area (Å²) in [6.07, 6.45) is 1.46. The Morgan fingerprint density at radius 2 is 2.12 bits per heavy atom. The first-order valence-electron chi connectivity index (χ1n) is 6.25. The Morgan fingerprint density at radius 1 is 1.41 bits per heavy atom. The molecule has 0 heterocycles. The Kier molecular flexibility index (Phi) is 10.1. The van der Waals surface area contributed by atoms with Crippen LogP contribution in [0.15, 0.2) is 0 Å². The summed E-state index contributed by atoms with van der Waals surface area (Å²) in [7, 11) is 0. The molecule has 5 nitrogen and oxygen atoms in total. The van der Waals surface area contributed by atoms with Gasteiger partial charge in [-0.15, -0.1) is 0 Å². The summed E-state index contributed by atoms with van der Waals surface area (Å²) in [5.74, 6) is 0.839. The van der Waals surface area contributed by atoms with E-state index in [9.17, 15) is 4.79 Å². The second-order valence-corrected chi connectivity index (χ2v) is 4.62. The van der Waals surface area contributed by atoms with Crippen LogP contribution < -0.4 is 11.1 Å². The maximum atomic E-state index is 11.6. The summed E-state index contributed by atoms with van der Waals surface area (Å²) in [5, 5.41) is 11.3. The molecule has 0 aliphatic rings. The SMILES string of the molecule is CC(C)CC(CN)CC(=O)NCCOCCO. The van der Waals surface area contributed by atoms with Crippen LogP contribution in [0.1, 0.15) is 26.7 Å². The smallest absolute Gasteiger partial charge is 0.220 e. The minimum absolute atomic E-state index is 0.0115. The van der Waals surface area contributed by atoms with Gasteiger partial charge < -0.3 is 20.9 Å². The van der Waals surface area contributed by atoms with Gasteiger partial charge in [0.25, 0.3) is 0 Å². The average Bonchev–Trinajstić information content (AvgIpc) is 2.27. The van der Waals surface area contributed by atoms with Crippen LogP contribution in [0.25, 0.3) is 0 Å². The largest absolute Gasteiger partial charge is 0.394 e. The van der Waals surface area contributed by atoms with E-state index in [0.717, 1.165) is 6.42 Å². The molecule has 0 radical (unpaired) electrons. The predicted molar refractivity (Wildman–Crippen MR) is 67.5 cm³/mol. The van der Waals surface area contributed by atoms with Crippen LogP contribution in [0.2, 0.25) is 0 Å². The van der Waals surface area contributed by atoms with Crippen LogP contribution in [0.3, 0.4) is 0 Å². The Morgan fingerprint density at radius 3 is 2.65 bits per heavy atom. The molecule has 0 saturated heterocycles.